The van der Waals surface area contributed by atoms with Gasteiger partial charge in [-0.15, -0.1) is 0 Å². The van der Waals surface area contributed by atoms with Gasteiger partial charge in [-0.2, -0.15) is 0 Å². The standard InChI is InChI=1S/C15H11BrN2O/c1-9-3-2-4-10(14(9)16)15(19)12-8-18-13-5-6-17-7-11(12)13/h2-8,18H,1H3. The first kappa shape index (κ1) is 12.1. The van der Waals surface area contributed by atoms with E-state index < -0.39 is 0 Å². The number of nitrogens with zero attached hydrogens (tertiary/aromatic N) is 1. The van der Waals surface area contributed by atoms with Crippen molar-refractivity contribution in [2.75, 3.05) is 0 Å². The van der Waals surface area contributed by atoms with E-state index in [2.05, 4.69) is 25.9 Å². The Bertz CT molecular complexity index is 777. The maximum absolute atomic E-state index is 12.6. The fourth-order valence-electron chi connectivity index (χ4n) is 2.12. The van der Waals surface area contributed by atoms with Crippen LogP contribution in [0.15, 0.2) is 47.3 Å². The summed E-state index contributed by atoms with van der Waals surface area (Å²) in [6.07, 6.45) is 5.15. The number of aromatic amines is 1. The summed E-state index contributed by atoms with van der Waals surface area (Å²) in [6.45, 7) is 1.97. The molecule has 3 nitrogen and oxygen atoms in total. The lowest BCUT2D eigenvalue weighted by Gasteiger charge is -2.05. The largest absolute Gasteiger partial charge is 0.360 e. The van der Waals surface area contributed by atoms with Crippen molar-refractivity contribution < 1.29 is 4.79 Å². The number of ketones is 1. The van der Waals surface area contributed by atoms with Crippen LogP contribution in [0.3, 0.4) is 0 Å². The first-order chi connectivity index (χ1) is 9.18. The molecule has 0 atom stereocenters. The molecule has 19 heavy (non-hydrogen) atoms. The molecule has 1 aromatic carbocycles. The van der Waals surface area contributed by atoms with E-state index >= 15 is 0 Å². The van der Waals surface area contributed by atoms with Crippen LogP contribution >= 0.6 is 15.9 Å². The number of benzene rings is 1. The lowest BCUT2D eigenvalue weighted by Crippen LogP contribution is -2.02. The third-order valence-corrected chi connectivity index (χ3v) is 4.22. The van der Waals surface area contributed by atoms with E-state index in [1.165, 1.54) is 0 Å². The molecule has 94 valence electrons. The van der Waals surface area contributed by atoms with Crippen molar-refractivity contribution in [3.8, 4) is 0 Å². The molecule has 0 radical (unpaired) electrons. The number of aryl methyl sites for hydroxylation is 1. The van der Waals surface area contributed by atoms with Gasteiger partial charge in [-0.25, -0.2) is 0 Å². The number of carbonyl (C=O) groups is 1. The molecule has 0 unspecified atom stereocenters. The molecular formula is C15H11BrN2O. The molecule has 0 fully saturated rings. The number of nitrogens with one attached hydrogen (secondary N) is 1. The molecular weight excluding hydrogens is 304 g/mol. The lowest BCUT2D eigenvalue weighted by atomic mass is 10.0. The highest BCUT2D eigenvalue weighted by atomic mass is 79.9. The highest BCUT2D eigenvalue weighted by Gasteiger charge is 2.17. The summed E-state index contributed by atoms with van der Waals surface area (Å²) in [5.41, 5.74) is 3.28. The Morgan fingerprint density at radius 2 is 2.11 bits per heavy atom. The van der Waals surface area contributed by atoms with E-state index in [0.717, 1.165) is 20.9 Å². The third-order valence-electron chi connectivity index (χ3n) is 3.16. The highest BCUT2D eigenvalue weighted by Crippen LogP contribution is 2.26. The van der Waals surface area contributed by atoms with E-state index in [4.69, 9.17) is 0 Å². The smallest absolute Gasteiger partial charge is 0.196 e. The molecule has 1 N–H and O–H groups in total. The molecule has 0 aliphatic carbocycles. The second-order valence-corrected chi connectivity index (χ2v) is 5.18. The molecule has 0 spiro atoms. The van der Waals surface area contributed by atoms with Gasteiger partial charge in [0.15, 0.2) is 5.78 Å². The number of aromatic nitrogens is 2. The first-order valence-corrected chi connectivity index (χ1v) is 6.68. The molecule has 0 saturated carbocycles. The monoisotopic (exact) mass is 314 g/mol. The summed E-state index contributed by atoms with van der Waals surface area (Å²) >= 11 is 3.48. The Morgan fingerprint density at radius 3 is 2.95 bits per heavy atom. The van der Waals surface area contributed by atoms with Gasteiger partial charge in [-0.3, -0.25) is 9.78 Å². The number of H-pyrrole nitrogens is 1. The maximum Gasteiger partial charge on any atom is 0.196 e. The number of rotatable bonds is 2. The highest BCUT2D eigenvalue weighted by molar-refractivity contribution is 9.10. The normalized spacial score (nSPS) is 10.8. The topological polar surface area (TPSA) is 45.8 Å². The minimum atomic E-state index is -0.00479. The van der Waals surface area contributed by atoms with Crippen LogP contribution in [-0.4, -0.2) is 15.8 Å². The van der Waals surface area contributed by atoms with Gasteiger partial charge in [0.1, 0.15) is 0 Å². The number of fused-ring (bicyclic) bond motifs is 1. The van der Waals surface area contributed by atoms with Gasteiger partial charge >= 0.3 is 0 Å². The molecule has 3 aromatic rings. The van der Waals surface area contributed by atoms with E-state index in [1.54, 1.807) is 18.6 Å². The number of hydrogen-bond donors (Lipinski definition) is 1. The molecule has 2 aromatic heterocycles. The van der Waals surface area contributed by atoms with Crippen LogP contribution in [0.5, 0.6) is 0 Å². The van der Waals surface area contributed by atoms with Crippen LogP contribution in [0.1, 0.15) is 21.5 Å². The van der Waals surface area contributed by atoms with Gasteiger partial charge in [0, 0.05) is 45.1 Å². The third kappa shape index (κ3) is 1.98. The molecule has 2 heterocycles. The van der Waals surface area contributed by atoms with Crippen LogP contribution in [0.4, 0.5) is 0 Å². The van der Waals surface area contributed by atoms with Crippen LogP contribution in [0, 0.1) is 6.92 Å². The Balaban J connectivity index is 2.17. The molecule has 0 amide bonds. The zero-order chi connectivity index (χ0) is 13.4. The van der Waals surface area contributed by atoms with Crippen LogP contribution < -0.4 is 0 Å². The minimum Gasteiger partial charge on any atom is -0.360 e. The molecule has 0 saturated heterocycles. The SMILES string of the molecule is Cc1cccc(C(=O)c2c[nH]c3ccncc23)c1Br. The Labute approximate surface area is 118 Å². The summed E-state index contributed by atoms with van der Waals surface area (Å²) in [5, 5.41) is 0.848. The number of pyridine rings is 1. The predicted octanol–water partition coefficient (Wildman–Crippen LogP) is 3.86. The van der Waals surface area contributed by atoms with Gasteiger partial charge in [-0.1, -0.05) is 12.1 Å². The summed E-state index contributed by atoms with van der Waals surface area (Å²) in [7, 11) is 0. The Kier molecular flexibility index (Phi) is 2.95. The second kappa shape index (κ2) is 4.63. The lowest BCUT2D eigenvalue weighted by molar-refractivity contribution is 0.103. The van der Waals surface area contributed by atoms with Gasteiger partial charge in [0.25, 0.3) is 0 Å². The fourth-order valence-corrected chi connectivity index (χ4v) is 2.56. The van der Waals surface area contributed by atoms with E-state index in [0.29, 0.717) is 11.1 Å². The Morgan fingerprint density at radius 1 is 1.26 bits per heavy atom. The number of halogens is 1. The van der Waals surface area contributed by atoms with E-state index in [-0.39, 0.29) is 5.78 Å². The van der Waals surface area contributed by atoms with Crippen molar-refractivity contribution in [1.82, 2.24) is 9.97 Å². The minimum absolute atomic E-state index is 0.00479. The summed E-state index contributed by atoms with van der Waals surface area (Å²) in [4.78, 5) is 19.8. The zero-order valence-electron chi connectivity index (χ0n) is 10.3. The van der Waals surface area contributed by atoms with Crippen molar-refractivity contribution in [1.29, 1.82) is 0 Å². The molecule has 0 aliphatic rings. The van der Waals surface area contributed by atoms with E-state index in [9.17, 15) is 4.79 Å². The van der Waals surface area contributed by atoms with Crippen molar-refractivity contribution in [2.24, 2.45) is 0 Å². The zero-order valence-corrected chi connectivity index (χ0v) is 11.9. The average molecular weight is 315 g/mol. The van der Waals surface area contributed by atoms with Gasteiger partial charge < -0.3 is 4.98 Å². The predicted molar refractivity (Wildman–Crippen MR) is 78.4 cm³/mol. The van der Waals surface area contributed by atoms with Crippen LogP contribution in [-0.2, 0) is 0 Å². The fraction of sp³-hybridized carbons (Fsp3) is 0.0667. The van der Waals surface area contributed by atoms with Crippen LogP contribution in [0.25, 0.3) is 10.9 Å². The maximum atomic E-state index is 12.6. The number of hydrogen-bond acceptors (Lipinski definition) is 2. The molecule has 4 heteroatoms. The van der Waals surface area contributed by atoms with Crippen LogP contribution in [0.2, 0.25) is 0 Å². The van der Waals surface area contributed by atoms with Gasteiger partial charge in [0.05, 0.1) is 0 Å². The summed E-state index contributed by atoms with van der Waals surface area (Å²) < 4.78 is 0.846. The van der Waals surface area contributed by atoms with E-state index in [1.807, 2.05) is 31.2 Å². The molecule has 3 rings (SSSR count). The second-order valence-electron chi connectivity index (χ2n) is 4.39. The molecule has 0 bridgehead atoms. The summed E-state index contributed by atoms with van der Waals surface area (Å²) in [5.74, 6) is -0.00479. The van der Waals surface area contributed by atoms with Gasteiger partial charge in [0.2, 0.25) is 0 Å². The number of carbonyl (C=O) groups excluding carboxylic acids is 1. The van der Waals surface area contributed by atoms with Crippen molar-refractivity contribution in [3.63, 3.8) is 0 Å². The van der Waals surface area contributed by atoms with Crippen molar-refractivity contribution in [2.45, 2.75) is 6.92 Å². The average Bonchev–Trinajstić information content (AvgIpc) is 2.85. The first-order valence-electron chi connectivity index (χ1n) is 5.89. The van der Waals surface area contributed by atoms with Crippen molar-refractivity contribution in [3.05, 3.63) is 64.0 Å². The summed E-state index contributed by atoms with van der Waals surface area (Å²) in [6, 6.07) is 7.55. The van der Waals surface area contributed by atoms with Crippen molar-refractivity contribution >= 4 is 32.6 Å². The quantitative estimate of drug-likeness (QED) is 0.730. The molecule has 0 aliphatic heterocycles. The van der Waals surface area contributed by atoms with Gasteiger partial charge in [-0.05, 0) is 40.5 Å². The Hall–Kier alpha value is -1.94.